The summed E-state index contributed by atoms with van der Waals surface area (Å²) in [4.78, 5) is 18.8. The van der Waals surface area contributed by atoms with Gasteiger partial charge in [-0.2, -0.15) is 0 Å². The molecule has 1 aliphatic carbocycles. The Morgan fingerprint density at radius 3 is 2.63 bits per heavy atom. The Labute approximate surface area is 161 Å². The zero-order valence-corrected chi connectivity index (χ0v) is 16.7. The summed E-state index contributed by atoms with van der Waals surface area (Å²) >= 11 is 0. The monoisotopic (exact) mass is 370 g/mol. The molecule has 6 nitrogen and oxygen atoms in total. The molecule has 0 saturated heterocycles. The number of guanidine groups is 1. The van der Waals surface area contributed by atoms with E-state index < -0.39 is 0 Å². The van der Waals surface area contributed by atoms with Crippen molar-refractivity contribution in [3.63, 3.8) is 0 Å². The SMILES string of the molecule is CN=C(NCC1(C(=O)N(C)C)CCCC1)NC(C)c1cc2ccccc2o1. The average molecular weight is 370 g/mol. The van der Waals surface area contributed by atoms with Crippen LogP contribution >= 0.6 is 0 Å². The first kappa shape index (κ1) is 19.3. The van der Waals surface area contributed by atoms with Crippen LogP contribution in [0.4, 0.5) is 0 Å². The van der Waals surface area contributed by atoms with Gasteiger partial charge in [-0.05, 0) is 31.9 Å². The lowest BCUT2D eigenvalue weighted by Crippen LogP contribution is -2.49. The van der Waals surface area contributed by atoms with E-state index >= 15 is 0 Å². The highest BCUT2D eigenvalue weighted by Gasteiger charge is 2.42. The van der Waals surface area contributed by atoms with E-state index in [0.29, 0.717) is 12.5 Å². The topological polar surface area (TPSA) is 69.9 Å². The van der Waals surface area contributed by atoms with Gasteiger partial charge in [0.1, 0.15) is 11.3 Å². The zero-order chi connectivity index (χ0) is 19.4. The Morgan fingerprint density at radius 1 is 1.30 bits per heavy atom. The molecule has 2 N–H and O–H groups in total. The molecule has 146 valence electrons. The van der Waals surface area contributed by atoms with Crippen LogP contribution in [0.2, 0.25) is 0 Å². The van der Waals surface area contributed by atoms with Gasteiger partial charge in [0.25, 0.3) is 0 Å². The fourth-order valence-corrected chi connectivity index (χ4v) is 3.93. The normalized spacial score (nSPS) is 17.7. The largest absolute Gasteiger partial charge is 0.459 e. The van der Waals surface area contributed by atoms with Crippen LogP contribution in [0, 0.1) is 5.41 Å². The summed E-state index contributed by atoms with van der Waals surface area (Å²) in [5.74, 6) is 1.74. The number of rotatable bonds is 5. The van der Waals surface area contributed by atoms with Crippen LogP contribution in [0.25, 0.3) is 11.0 Å². The van der Waals surface area contributed by atoms with Crippen molar-refractivity contribution in [1.29, 1.82) is 0 Å². The van der Waals surface area contributed by atoms with Gasteiger partial charge in [-0.1, -0.05) is 31.0 Å². The van der Waals surface area contributed by atoms with Gasteiger partial charge in [-0.3, -0.25) is 9.79 Å². The first-order chi connectivity index (χ1) is 12.9. The van der Waals surface area contributed by atoms with Crippen LogP contribution in [0.15, 0.2) is 39.7 Å². The molecule has 1 aromatic heterocycles. The van der Waals surface area contributed by atoms with Crippen molar-refractivity contribution in [2.75, 3.05) is 27.7 Å². The Kier molecular flexibility index (Phi) is 5.73. The van der Waals surface area contributed by atoms with E-state index in [-0.39, 0.29) is 17.4 Å². The molecule has 1 saturated carbocycles. The number of furan rings is 1. The number of hydrogen-bond acceptors (Lipinski definition) is 3. The minimum absolute atomic E-state index is 0.0346. The first-order valence-electron chi connectivity index (χ1n) is 9.62. The van der Waals surface area contributed by atoms with Crippen LogP contribution in [0.1, 0.15) is 44.4 Å². The number of benzene rings is 1. The van der Waals surface area contributed by atoms with Crippen molar-refractivity contribution in [1.82, 2.24) is 15.5 Å². The van der Waals surface area contributed by atoms with Crippen LogP contribution in [0.3, 0.4) is 0 Å². The van der Waals surface area contributed by atoms with E-state index in [1.807, 2.05) is 51.4 Å². The van der Waals surface area contributed by atoms with Gasteiger partial charge < -0.3 is 20.0 Å². The molecular formula is C21H30N4O2. The molecule has 1 heterocycles. The number of amides is 1. The smallest absolute Gasteiger partial charge is 0.230 e. The van der Waals surface area contributed by atoms with Gasteiger partial charge in [0, 0.05) is 33.1 Å². The number of carbonyl (C=O) groups excluding carboxylic acids is 1. The molecule has 1 unspecified atom stereocenters. The molecule has 2 aromatic rings. The van der Waals surface area contributed by atoms with Crippen LogP contribution in [-0.4, -0.2) is 44.5 Å². The van der Waals surface area contributed by atoms with Gasteiger partial charge in [-0.15, -0.1) is 0 Å². The lowest BCUT2D eigenvalue weighted by Gasteiger charge is -2.31. The lowest BCUT2D eigenvalue weighted by molar-refractivity contribution is -0.138. The minimum atomic E-state index is -0.330. The van der Waals surface area contributed by atoms with Crippen molar-refractivity contribution < 1.29 is 9.21 Å². The van der Waals surface area contributed by atoms with E-state index in [4.69, 9.17) is 4.42 Å². The Balaban J connectivity index is 1.65. The third kappa shape index (κ3) is 4.10. The van der Waals surface area contributed by atoms with Crippen molar-refractivity contribution in [3.8, 4) is 0 Å². The molecule has 6 heteroatoms. The van der Waals surface area contributed by atoms with E-state index in [0.717, 1.165) is 42.4 Å². The van der Waals surface area contributed by atoms with Crippen molar-refractivity contribution in [2.45, 2.75) is 38.6 Å². The number of nitrogens with zero attached hydrogens (tertiary/aromatic N) is 2. The highest BCUT2D eigenvalue weighted by atomic mass is 16.3. The zero-order valence-electron chi connectivity index (χ0n) is 16.7. The molecule has 1 atom stereocenters. The van der Waals surface area contributed by atoms with Gasteiger partial charge in [0.2, 0.25) is 5.91 Å². The number of aliphatic imine (C=N–C) groups is 1. The van der Waals surface area contributed by atoms with Crippen molar-refractivity contribution in [2.24, 2.45) is 10.4 Å². The molecule has 0 bridgehead atoms. The van der Waals surface area contributed by atoms with E-state index in [1.54, 1.807) is 11.9 Å². The summed E-state index contributed by atoms with van der Waals surface area (Å²) in [7, 11) is 5.41. The predicted octanol–water partition coefficient (Wildman–Crippen LogP) is 3.31. The maximum atomic E-state index is 12.7. The summed E-state index contributed by atoms with van der Waals surface area (Å²) in [6.07, 6.45) is 4.05. The maximum Gasteiger partial charge on any atom is 0.230 e. The molecule has 1 amide bonds. The summed E-state index contributed by atoms with van der Waals surface area (Å²) in [6.45, 7) is 2.64. The molecule has 27 heavy (non-hydrogen) atoms. The fraction of sp³-hybridized carbons (Fsp3) is 0.524. The number of para-hydroxylation sites is 1. The second kappa shape index (κ2) is 8.03. The molecule has 3 rings (SSSR count). The third-order valence-corrected chi connectivity index (χ3v) is 5.46. The number of nitrogens with one attached hydrogen (secondary N) is 2. The molecular weight excluding hydrogens is 340 g/mol. The maximum absolute atomic E-state index is 12.7. The minimum Gasteiger partial charge on any atom is -0.459 e. The van der Waals surface area contributed by atoms with E-state index in [1.165, 1.54) is 0 Å². The molecule has 1 aliphatic rings. The third-order valence-electron chi connectivity index (χ3n) is 5.46. The second-order valence-electron chi connectivity index (χ2n) is 7.67. The Hall–Kier alpha value is -2.50. The van der Waals surface area contributed by atoms with E-state index in [9.17, 15) is 4.79 Å². The fourth-order valence-electron chi connectivity index (χ4n) is 3.93. The Bertz CT molecular complexity index is 785. The molecule has 1 fully saturated rings. The van der Waals surface area contributed by atoms with Crippen molar-refractivity contribution >= 4 is 22.8 Å². The highest BCUT2D eigenvalue weighted by Crippen LogP contribution is 2.38. The van der Waals surface area contributed by atoms with E-state index in [2.05, 4.69) is 15.6 Å². The summed E-state index contributed by atoms with van der Waals surface area (Å²) in [5.41, 5.74) is 0.551. The van der Waals surface area contributed by atoms with Gasteiger partial charge in [0.15, 0.2) is 5.96 Å². The van der Waals surface area contributed by atoms with Gasteiger partial charge >= 0.3 is 0 Å². The summed E-state index contributed by atoms with van der Waals surface area (Å²) in [5, 5.41) is 7.83. The van der Waals surface area contributed by atoms with Crippen LogP contribution < -0.4 is 10.6 Å². The standard InChI is InChI=1S/C21H30N4O2/c1-15(18-13-16-9-5-6-10-17(16)27-18)24-20(22-2)23-14-21(11-7-8-12-21)19(26)25(3)4/h5-6,9-10,13,15H,7-8,11-12,14H2,1-4H3,(H2,22,23,24). The number of carbonyl (C=O) groups is 1. The highest BCUT2D eigenvalue weighted by molar-refractivity contribution is 5.85. The number of hydrogen-bond donors (Lipinski definition) is 2. The quantitative estimate of drug-likeness (QED) is 0.626. The molecule has 0 aliphatic heterocycles. The lowest BCUT2D eigenvalue weighted by atomic mass is 9.84. The van der Waals surface area contributed by atoms with Crippen molar-refractivity contribution in [3.05, 3.63) is 36.1 Å². The van der Waals surface area contributed by atoms with Crippen LogP contribution in [-0.2, 0) is 4.79 Å². The summed E-state index contributed by atoms with van der Waals surface area (Å²) in [6, 6.07) is 10.00. The average Bonchev–Trinajstić information content (AvgIpc) is 3.31. The molecule has 1 aromatic carbocycles. The first-order valence-corrected chi connectivity index (χ1v) is 9.62. The molecule has 0 radical (unpaired) electrons. The van der Waals surface area contributed by atoms with Gasteiger partial charge in [-0.25, -0.2) is 0 Å². The van der Waals surface area contributed by atoms with Gasteiger partial charge in [0.05, 0.1) is 11.5 Å². The van der Waals surface area contributed by atoms with Crippen LogP contribution in [0.5, 0.6) is 0 Å². The second-order valence-corrected chi connectivity index (χ2v) is 7.67. The Morgan fingerprint density at radius 2 is 2.00 bits per heavy atom. The predicted molar refractivity (Wildman–Crippen MR) is 109 cm³/mol. The molecule has 0 spiro atoms. The number of fused-ring (bicyclic) bond motifs is 1. The summed E-state index contributed by atoms with van der Waals surface area (Å²) < 4.78 is 5.94.